The summed E-state index contributed by atoms with van der Waals surface area (Å²) in [7, 11) is 0. The van der Waals surface area contributed by atoms with E-state index in [2.05, 4.69) is 21.5 Å². The molecule has 0 saturated carbocycles. The maximum atomic E-state index is 5.48. The third-order valence-corrected chi connectivity index (χ3v) is 4.34. The van der Waals surface area contributed by atoms with Crippen molar-refractivity contribution in [1.29, 1.82) is 0 Å². The molecule has 0 bridgehead atoms. The van der Waals surface area contributed by atoms with Gasteiger partial charge in [0.15, 0.2) is 0 Å². The fourth-order valence-corrected chi connectivity index (χ4v) is 2.87. The van der Waals surface area contributed by atoms with Crippen molar-refractivity contribution < 1.29 is 0 Å². The summed E-state index contributed by atoms with van der Waals surface area (Å²) in [6.45, 7) is 4.64. The molecule has 0 aromatic carbocycles. The zero-order valence-electron chi connectivity index (χ0n) is 10.4. The highest BCUT2D eigenvalue weighted by Crippen LogP contribution is 2.21. The van der Waals surface area contributed by atoms with Crippen LogP contribution in [0.1, 0.15) is 18.5 Å². The second-order valence-electron chi connectivity index (χ2n) is 4.47. The van der Waals surface area contributed by atoms with Gasteiger partial charge in [0, 0.05) is 24.5 Å². The molecule has 0 unspecified atom stereocenters. The van der Waals surface area contributed by atoms with E-state index < -0.39 is 0 Å². The van der Waals surface area contributed by atoms with Crippen LogP contribution in [-0.4, -0.2) is 51.0 Å². The Balaban J connectivity index is 1.80. The Kier molecular flexibility index (Phi) is 4.82. The summed E-state index contributed by atoms with van der Waals surface area (Å²) in [5.74, 6) is 0. The second-order valence-corrected chi connectivity index (χ2v) is 5.61. The number of rotatable bonds is 5. The van der Waals surface area contributed by atoms with Crippen molar-refractivity contribution in [1.82, 2.24) is 19.9 Å². The summed E-state index contributed by atoms with van der Waals surface area (Å²) in [5, 5.41) is 9.08. The number of thioether (sulfide) groups is 1. The second kappa shape index (κ2) is 6.37. The first-order valence-corrected chi connectivity index (χ1v) is 7.45. The monoisotopic (exact) mass is 255 g/mol. The van der Waals surface area contributed by atoms with E-state index in [1.165, 1.54) is 25.9 Å². The van der Waals surface area contributed by atoms with Gasteiger partial charge in [-0.05, 0) is 32.2 Å². The Morgan fingerprint density at radius 3 is 2.88 bits per heavy atom. The van der Waals surface area contributed by atoms with Gasteiger partial charge >= 0.3 is 0 Å². The van der Waals surface area contributed by atoms with Gasteiger partial charge in [0.05, 0.1) is 12.2 Å². The van der Waals surface area contributed by atoms with Crippen LogP contribution in [0.3, 0.4) is 0 Å². The van der Waals surface area contributed by atoms with Crippen LogP contribution in [-0.2, 0) is 13.1 Å². The highest BCUT2D eigenvalue weighted by atomic mass is 32.2. The molecule has 1 aliphatic heterocycles. The minimum Gasteiger partial charge on any atom is -0.329 e. The summed E-state index contributed by atoms with van der Waals surface area (Å²) in [6, 6.07) is 0. The van der Waals surface area contributed by atoms with E-state index in [4.69, 9.17) is 5.73 Å². The van der Waals surface area contributed by atoms with Gasteiger partial charge in [0.2, 0.25) is 0 Å². The number of hydrogen-bond donors (Lipinski definition) is 1. The number of nitrogens with zero attached hydrogens (tertiary/aromatic N) is 4. The third-order valence-electron chi connectivity index (χ3n) is 3.20. The molecule has 2 heterocycles. The first-order chi connectivity index (χ1) is 8.31. The van der Waals surface area contributed by atoms with Crippen LogP contribution < -0.4 is 5.73 Å². The molecule has 1 saturated heterocycles. The first-order valence-electron chi connectivity index (χ1n) is 6.16. The fourth-order valence-electron chi connectivity index (χ4n) is 2.18. The molecular formula is C11H21N5S. The normalized spacial score (nSPS) is 18.7. The predicted molar refractivity (Wildman–Crippen MR) is 70.9 cm³/mol. The molecule has 1 fully saturated rings. The number of piperidine rings is 1. The molecular weight excluding hydrogens is 234 g/mol. The van der Waals surface area contributed by atoms with Crippen molar-refractivity contribution in [3.05, 3.63) is 11.9 Å². The molecule has 0 atom stereocenters. The molecule has 17 heavy (non-hydrogen) atoms. The molecule has 2 N–H and O–H groups in total. The number of likely N-dealkylation sites (tertiary alicyclic amines) is 1. The quantitative estimate of drug-likeness (QED) is 0.833. The molecule has 1 aromatic rings. The minimum atomic E-state index is 0.613. The summed E-state index contributed by atoms with van der Waals surface area (Å²) >= 11 is 1.99. The number of nitrogens with two attached hydrogens (primary N) is 1. The number of aromatic nitrogens is 3. The van der Waals surface area contributed by atoms with E-state index in [-0.39, 0.29) is 0 Å². The third kappa shape index (κ3) is 3.69. The maximum Gasteiger partial charge on any atom is 0.0967 e. The van der Waals surface area contributed by atoms with Gasteiger partial charge in [0.1, 0.15) is 0 Å². The maximum absolute atomic E-state index is 5.48. The largest absolute Gasteiger partial charge is 0.329 e. The summed E-state index contributed by atoms with van der Waals surface area (Å²) < 4.78 is 1.82. The smallest absolute Gasteiger partial charge is 0.0967 e. The molecule has 0 radical (unpaired) electrons. The molecule has 6 heteroatoms. The highest BCUT2D eigenvalue weighted by Gasteiger charge is 2.18. The van der Waals surface area contributed by atoms with Crippen molar-refractivity contribution in [2.45, 2.75) is 31.2 Å². The predicted octanol–water partition coefficient (Wildman–Crippen LogP) is 0.564. The van der Waals surface area contributed by atoms with Gasteiger partial charge in [-0.15, -0.1) is 5.10 Å². The van der Waals surface area contributed by atoms with Gasteiger partial charge in [-0.25, -0.2) is 0 Å². The SMILES string of the molecule is CSC1CCN(Cc2cn(CCN)nn2)CC1. The van der Waals surface area contributed by atoms with Crippen molar-refractivity contribution in [3.8, 4) is 0 Å². The Labute approximate surface area is 107 Å². The van der Waals surface area contributed by atoms with Crippen molar-refractivity contribution in [2.24, 2.45) is 5.73 Å². The van der Waals surface area contributed by atoms with Gasteiger partial charge in [0.25, 0.3) is 0 Å². The molecule has 5 nitrogen and oxygen atoms in total. The molecule has 0 spiro atoms. The van der Waals surface area contributed by atoms with Crippen LogP contribution in [0.5, 0.6) is 0 Å². The molecule has 96 valence electrons. The van der Waals surface area contributed by atoms with Crippen molar-refractivity contribution in [3.63, 3.8) is 0 Å². The van der Waals surface area contributed by atoms with E-state index in [9.17, 15) is 0 Å². The average Bonchev–Trinajstić information content (AvgIpc) is 2.78. The fraction of sp³-hybridized carbons (Fsp3) is 0.818. The van der Waals surface area contributed by atoms with Gasteiger partial charge in [-0.1, -0.05) is 5.21 Å². The van der Waals surface area contributed by atoms with E-state index in [0.29, 0.717) is 6.54 Å². The topological polar surface area (TPSA) is 60.0 Å². The van der Waals surface area contributed by atoms with E-state index in [1.54, 1.807) is 0 Å². The van der Waals surface area contributed by atoms with Gasteiger partial charge in [-0.3, -0.25) is 9.58 Å². The minimum absolute atomic E-state index is 0.613. The zero-order chi connectivity index (χ0) is 12.1. The van der Waals surface area contributed by atoms with Crippen LogP contribution in [0.25, 0.3) is 0 Å². The lowest BCUT2D eigenvalue weighted by molar-refractivity contribution is 0.222. The summed E-state index contributed by atoms with van der Waals surface area (Å²) in [5.41, 5.74) is 6.54. The lowest BCUT2D eigenvalue weighted by Gasteiger charge is -2.30. The summed E-state index contributed by atoms with van der Waals surface area (Å²) in [6.07, 6.45) is 6.79. The van der Waals surface area contributed by atoms with Crippen LogP contribution >= 0.6 is 11.8 Å². The Morgan fingerprint density at radius 1 is 1.47 bits per heavy atom. The zero-order valence-corrected chi connectivity index (χ0v) is 11.2. The molecule has 0 aliphatic carbocycles. The van der Waals surface area contributed by atoms with Crippen LogP contribution in [0.2, 0.25) is 0 Å². The van der Waals surface area contributed by atoms with E-state index in [0.717, 1.165) is 24.0 Å². The Bertz CT molecular complexity index is 332. The van der Waals surface area contributed by atoms with Crippen LogP contribution in [0.15, 0.2) is 6.20 Å². The standard InChI is InChI=1S/C11H21N5S/c1-17-11-2-5-15(6-3-11)8-10-9-16(7-4-12)14-13-10/h9,11H,2-8,12H2,1H3. The van der Waals surface area contributed by atoms with Crippen molar-refractivity contribution in [2.75, 3.05) is 25.9 Å². The van der Waals surface area contributed by atoms with Crippen molar-refractivity contribution >= 4 is 11.8 Å². The first kappa shape index (κ1) is 12.9. The summed E-state index contributed by atoms with van der Waals surface area (Å²) in [4.78, 5) is 2.46. The lowest BCUT2D eigenvalue weighted by atomic mass is 10.1. The van der Waals surface area contributed by atoms with E-state index in [1.807, 2.05) is 22.6 Å². The molecule has 2 rings (SSSR count). The van der Waals surface area contributed by atoms with Crippen LogP contribution in [0, 0.1) is 0 Å². The van der Waals surface area contributed by atoms with Crippen LogP contribution in [0.4, 0.5) is 0 Å². The van der Waals surface area contributed by atoms with E-state index >= 15 is 0 Å². The average molecular weight is 255 g/mol. The Morgan fingerprint density at radius 2 is 2.24 bits per heavy atom. The molecule has 1 aliphatic rings. The molecule has 1 aromatic heterocycles. The van der Waals surface area contributed by atoms with Gasteiger partial charge in [-0.2, -0.15) is 11.8 Å². The van der Waals surface area contributed by atoms with Gasteiger partial charge < -0.3 is 5.73 Å². The molecule has 0 amide bonds. The highest BCUT2D eigenvalue weighted by molar-refractivity contribution is 7.99. The Hall–Kier alpha value is -0.590. The lowest BCUT2D eigenvalue weighted by Crippen LogP contribution is -2.34. The number of hydrogen-bond acceptors (Lipinski definition) is 5.